The van der Waals surface area contributed by atoms with Gasteiger partial charge in [-0.05, 0) is 13.1 Å². The van der Waals surface area contributed by atoms with Crippen molar-refractivity contribution in [3.63, 3.8) is 0 Å². The normalized spacial score (nSPS) is 11.4. The average molecular weight is 121 g/mol. The van der Waals surface area contributed by atoms with Gasteiger partial charge in [0.15, 0.2) is 0 Å². The molecular weight excluding hydrogens is 112 g/mol. The Morgan fingerprint density at radius 3 is 2.38 bits per heavy atom. The topological polar surface area (TPSA) is 12.0 Å². The van der Waals surface area contributed by atoms with Crippen molar-refractivity contribution in [3.8, 4) is 0 Å². The monoisotopic (exact) mass is 121 g/mol. The van der Waals surface area contributed by atoms with Crippen molar-refractivity contribution in [1.82, 2.24) is 5.32 Å². The molecule has 0 rings (SSSR count). The first-order chi connectivity index (χ1) is 3.62. The van der Waals surface area contributed by atoms with E-state index in [1.165, 1.54) is 7.05 Å². The van der Waals surface area contributed by atoms with Gasteiger partial charge in [-0.15, -0.1) is 0 Å². The molecular formula is C5H9F2N. The average Bonchev–Trinajstić information content (AvgIpc) is 1.67. The standard InChI is InChI=1S/C5H9F2N/c1-3-5(6,7)4-8-2/h3,8H,1,4H2,2H3. The van der Waals surface area contributed by atoms with Crippen LogP contribution in [0.3, 0.4) is 0 Å². The summed E-state index contributed by atoms with van der Waals surface area (Å²) in [6.07, 6.45) is 0.628. The van der Waals surface area contributed by atoms with Gasteiger partial charge in [-0.1, -0.05) is 6.58 Å². The maximum Gasteiger partial charge on any atom is 0.278 e. The summed E-state index contributed by atoms with van der Waals surface area (Å²) in [4.78, 5) is 0. The van der Waals surface area contributed by atoms with Crippen LogP contribution in [0, 0.1) is 0 Å². The zero-order chi connectivity index (χ0) is 6.62. The predicted octanol–water partition coefficient (Wildman–Crippen LogP) is 1.03. The van der Waals surface area contributed by atoms with Gasteiger partial charge in [0.2, 0.25) is 0 Å². The van der Waals surface area contributed by atoms with Gasteiger partial charge in [-0.3, -0.25) is 0 Å². The second kappa shape index (κ2) is 2.77. The Balaban J connectivity index is 3.53. The van der Waals surface area contributed by atoms with Gasteiger partial charge in [0, 0.05) is 0 Å². The molecule has 0 spiro atoms. The van der Waals surface area contributed by atoms with E-state index in [2.05, 4.69) is 11.9 Å². The van der Waals surface area contributed by atoms with Crippen molar-refractivity contribution in [3.05, 3.63) is 12.7 Å². The van der Waals surface area contributed by atoms with Crippen LogP contribution in [-0.4, -0.2) is 19.5 Å². The van der Waals surface area contributed by atoms with Gasteiger partial charge in [0.25, 0.3) is 5.92 Å². The lowest BCUT2D eigenvalue weighted by atomic mass is 10.3. The summed E-state index contributed by atoms with van der Waals surface area (Å²) in [5.41, 5.74) is 0. The molecule has 0 unspecified atom stereocenters. The summed E-state index contributed by atoms with van der Waals surface area (Å²) in [6, 6.07) is 0. The highest BCUT2D eigenvalue weighted by atomic mass is 19.3. The third kappa shape index (κ3) is 2.69. The van der Waals surface area contributed by atoms with E-state index in [1.54, 1.807) is 0 Å². The zero-order valence-electron chi connectivity index (χ0n) is 4.75. The Bertz CT molecular complexity index is 80.5. The molecule has 3 heteroatoms. The van der Waals surface area contributed by atoms with Crippen LogP contribution in [0.2, 0.25) is 0 Å². The molecule has 0 fully saturated rings. The molecule has 0 saturated heterocycles. The summed E-state index contributed by atoms with van der Waals surface area (Å²) in [6.45, 7) is 2.62. The molecule has 0 saturated carbocycles. The minimum atomic E-state index is -2.76. The minimum absolute atomic E-state index is 0.337. The van der Waals surface area contributed by atoms with Gasteiger partial charge < -0.3 is 5.32 Å². The van der Waals surface area contributed by atoms with E-state index in [4.69, 9.17) is 0 Å². The largest absolute Gasteiger partial charge is 0.314 e. The number of rotatable bonds is 3. The third-order valence-electron chi connectivity index (χ3n) is 0.711. The van der Waals surface area contributed by atoms with Crippen LogP contribution in [0.1, 0.15) is 0 Å². The molecule has 0 radical (unpaired) electrons. The van der Waals surface area contributed by atoms with Crippen LogP contribution < -0.4 is 5.32 Å². The quantitative estimate of drug-likeness (QED) is 0.550. The van der Waals surface area contributed by atoms with Crippen LogP contribution in [0.25, 0.3) is 0 Å². The van der Waals surface area contributed by atoms with Crippen molar-refractivity contribution in [1.29, 1.82) is 0 Å². The third-order valence-corrected chi connectivity index (χ3v) is 0.711. The summed E-state index contributed by atoms with van der Waals surface area (Å²) >= 11 is 0. The maximum atomic E-state index is 12.0. The SMILES string of the molecule is C=CC(F)(F)CNC. The van der Waals surface area contributed by atoms with Crippen LogP contribution >= 0.6 is 0 Å². The number of alkyl halides is 2. The minimum Gasteiger partial charge on any atom is -0.314 e. The lowest BCUT2D eigenvalue weighted by Crippen LogP contribution is -2.27. The zero-order valence-corrected chi connectivity index (χ0v) is 4.75. The van der Waals surface area contributed by atoms with Crippen LogP contribution in [0.15, 0.2) is 12.7 Å². The van der Waals surface area contributed by atoms with Gasteiger partial charge in [-0.25, -0.2) is 8.78 Å². The molecule has 0 aliphatic rings. The van der Waals surface area contributed by atoms with E-state index in [0.717, 1.165) is 0 Å². The second-order valence-corrected chi connectivity index (χ2v) is 1.50. The van der Waals surface area contributed by atoms with Crippen molar-refractivity contribution < 1.29 is 8.78 Å². The van der Waals surface area contributed by atoms with E-state index < -0.39 is 5.92 Å². The van der Waals surface area contributed by atoms with Crippen LogP contribution in [0.5, 0.6) is 0 Å². The Kier molecular flexibility index (Phi) is 2.62. The first-order valence-electron chi connectivity index (χ1n) is 2.28. The molecule has 0 bridgehead atoms. The summed E-state index contributed by atoms with van der Waals surface area (Å²) in [5, 5.41) is 2.34. The first kappa shape index (κ1) is 7.56. The highest BCUT2D eigenvalue weighted by molar-refractivity contribution is 4.87. The van der Waals surface area contributed by atoms with E-state index >= 15 is 0 Å². The molecule has 0 aliphatic heterocycles. The summed E-state index contributed by atoms with van der Waals surface area (Å²) < 4.78 is 23.9. The molecule has 48 valence electrons. The Morgan fingerprint density at radius 2 is 2.25 bits per heavy atom. The van der Waals surface area contributed by atoms with Gasteiger partial charge in [0.1, 0.15) is 0 Å². The van der Waals surface area contributed by atoms with E-state index in [9.17, 15) is 8.78 Å². The van der Waals surface area contributed by atoms with Gasteiger partial charge in [0.05, 0.1) is 6.54 Å². The summed E-state index contributed by atoms with van der Waals surface area (Å²) in [7, 11) is 1.47. The van der Waals surface area contributed by atoms with Crippen molar-refractivity contribution in [2.45, 2.75) is 5.92 Å². The second-order valence-electron chi connectivity index (χ2n) is 1.50. The Hall–Kier alpha value is -0.440. The number of halogens is 2. The van der Waals surface area contributed by atoms with Crippen molar-refractivity contribution >= 4 is 0 Å². The Morgan fingerprint density at radius 1 is 1.75 bits per heavy atom. The van der Waals surface area contributed by atoms with E-state index in [-0.39, 0.29) is 6.54 Å². The number of hydrogen-bond acceptors (Lipinski definition) is 1. The highest BCUT2D eigenvalue weighted by Crippen LogP contribution is 2.11. The van der Waals surface area contributed by atoms with Crippen LogP contribution in [-0.2, 0) is 0 Å². The van der Waals surface area contributed by atoms with E-state index in [1.807, 2.05) is 0 Å². The van der Waals surface area contributed by atoms with Crippen LogP contribution in [0.4, 0.5) is 8.78 Å². The molecule has 0 aromatic rings. The fourth-order valence-electron chi connectivity index (χ4n) is 0.308. The number of nitrogens with one attached hydrogen (secondary N) is 1. The molecule has 0 aromatic heterocycles. The lowest BCUT2D eigenvalue weighted by Gasteiger charge is -2.08. The fraction of sp³-hybridized carbons (Fsp3) is 0.600. The fourth-order valence-corrected chi connectivity index (χ4v) is 0.308. The predicted molar refractivity (Wildman–Crippen MR) is 29.1 cm³/mol. The van der Waals surface area contributed by atoms with Crippen molar-refractivity contribution in [2.75, 3.05) is 13.6 Å². The first-order valence-corrected chi connectivity index (χ1v) is 2.28. The number of hydrogen-bond donors (Lipinski definition) is 1. The summed E-state index contributed by atoms with van der Waals surface area (Å²) in [5.74, 6) is -2.76. The smallest absolute Gasteiger partial charge is 0.278 e. The van der Waals surface area contributed by atoms with Gasteiger partial charge >= 0.3 is 0 Å². The maximum absolute atomic E-state index is 12.0. The lowest BCUT2D eigenvalue weighted by molar-refractivity contribution is 0.0578. The molecule has 0 atom stereocenters. The molecule has 0 heterocycles. The van der Waals surface area contributed by atoms with Gasteiger partial charge in [-0.2, -0.15) is 0 Å². The highest BCUT2D eigenvalue weighted by Gasteiger charge is 2.21. The molecule has 1 nitrogen and oxygen atoms in total. The van der Waals surface area contributed by atoms with E-state index in [0.29, 0.717) is 6.08 Å². The van der Waals surface area contributed by atoms with Crippen molar-refractivity contribution in [2.24, 2.45) is 0 Å². The molecule has 0 amide bonds. The molecule has 8 heavy (non-hydrogen) atoms. The Labute approximate surface area is 47.4 Å². The molecule has 0 aliphatic carbocycles. The molecule has 0 aromatic carbocycles. The molecule has 1 N–H and O–H groups in total.